The summed E-state index contributed by atoms with van der Waals surface area (Å²) in [7, 11) is 0. The standard InChI is InChI=1S/C21H25F2N3O2/c1-20(15-3-2-14(22)6-16(15)23)10-26(19(28)25-20)17-12-4-11-5-13(17)9-21(7-11,8-12)18(24)27/h2-3,6,11-13,17H,4-5,7-10H2,1H3,(H2,24,27)(H,25,28). The Hall–Kier alpha value is -2.18. The lowest BCUT2D eigenvalue weighted by Crippen LogP contribution is -2.62. The summed E-state index contributed by atoms with van der Waals surface area (Å²) in [6, 6.07) is 3.33. The van der Waals surface area contributed by atoms with Gasteiger partial charge in [0.2, 0.25) is 5.91 Å². The van der Waals surface area contributed by atoms with Crippen molar-refractivity contribution < 1.29 is 18.4 Å². The van der Waals surface area contributed by atoms with Gasteiger partial charge in [-0.2, -0.15) is 0 Å². The molecule has 0 aromatic heterocycles. The average Bonchev–Trinajstić information content (AvgIpc) is 2.89. The van der Waals surface area contributed by atoms with Gasteiger partial charge in [-0.15, -0.1) is 0 Å². The van der Waals surface area contributed by atoms with Crippen LogP contribution >= 0.6 is 0 Å². The molecular formula is C21H25F2N3O2. The Labute approximate surface area is 162 Å². The third-order valence-corrected chi connectivity index (χ3v) is 7.76. The van der Waals surface area contributed by atoms with Gasteiger partial charge < -0.3 is 16.0 Å². The molecule has 1 aliphatic heterocycles. The lowest BCUT2D eigenvalue weighted by molar-refractivity contribution is -0.150. The second-order valence-corrected chi connectivity index (χ2v) is 9.62. The average molecular weight is 389 g/mol. The highest BCUT2D eigenvalue weighted by atomic mass is 19.1. The zero-order valence-electron chi connectivity index (χ0n) is 15.9. The first-order chi connectivity index (χ1) is 13.2. The van der Waals surface area contributed by atoms with Gasteiger partial charge in [-0.3, -0.25) is 4.79 Å². The van der Waals surface area contributed by atoms with Gasteiger partial charge in [0, 0.05) is 29.6 Å². The van der Waals surface area contributed by atoms with Crippen LogP contribution in [0.4, 0.5) is 13.6 Å². The molecule has 5 aliphatic rings. The maximum atomic E-state index is 14.4. The Morgan fingerprint density at radius 1 is 1.21 bits per heavy atom. The van der Waals surface area contributed by atoms with Gasteiger partial charge in [-0.25, -0.2) is 13.6 Å². The fraction of sp³-hybridized carbons (Fsp3) is 0.619. The summed E-state index contributed by atoms with van der Waals surface area (Å²) in [6.07, 6.45) is 4.40. The van der Waals surface area contributed by atoms with E-state index in [1.807, 2.05) is 4.90 Å². The van der Waals surface area contributed by atoms with Crippen LogP contribution in [0.2, 0.25) is 0 Å². The lowest BCUT2D eigenvalue weighted by Gasteiger charge is -2.60. The van der Waals surface area contributed by atoms with Crippen molar-refractivity contribution >= 4 is 11.9 Å². The normalized spacial score (nSPS) is 41.4. The summed E-state index contributed by atoms with van der Waals surface area (Å²) in [4.78, 5) is 26.9. The number of carbonyl (C=O) groups excluding carboxylic acids is 2. The molecule has 1 aromatic rings. The molecule has 28 heavy (non-hydrogen) atoms. The minimum Gasteiger partial charge on any atom is -0.369 e. The smallest absolute Gasteiger partial charge is 0.318 e. The third-order valence-electron chi connectivity index (χ3n) is 7.76. The van der Waals surface area contributed by atoms with Crippen LogP contribution in [0.3, 0.4) is 0 Å². The van der Waals surface area contributed by atoms with Gasteiger partial charge in [0.15, 0.2) is 0 Å². The molecule has 1 heterocycles. The predicted octanol–water partition coefficient (Wildman–Crippen LogP) is 2.89. The van der Waals surface area contributed by atoms with Crippen LogP contribution in [0.15, 0.2) is 18.2 Å². The number of nitrogens with two attached hydrogens (primary N) is 1. The summed E-state index contributed by atoms with van der Waals surface area (Å²) in [5, 5.41) is 2.93. The topological polar surface area (TPSA) is 75.4 Å². The van der Waals surface area contributed by atoms with E-state index in [2.05, 4.69) is 5.32 Å². The molecule has 3 amide bonds. The fourth-order valence-electron chi connectivity index (χ4n) is 6.90. The second kappa shape index (κ2) is 5.67. The number of benzene rings is 1. The molecule has 6 rings (SSSR count). The van der Waals surface area contributed by atoms with Gasteiger partial charge in [0.25, 0.3) is 0 Å². The highest BCUT2D eigenvalue weighted by Crippen LogP contribution is 2.61. The van der Waals surface area contributed by atoms with E-state index in [0.717, 1.165) is 38.2 Å². The predicted molar refractivity (Wildman–Crippen MR) is 97.9 cm³/mol. The molecule has 7 heteroatoms. The van der Waals surface area contributed by atoms with E-state index < -0.39 is 22.6 Å². The molecule has 0 spiro atoms. The highest BCUT2D eigenvalue weighted by molar-refractivity contribution is 5.82. The van der Waals surface area contributed by atoms with Gasteiger partial charge in [0.1, 0.15) is 11.6 Å². The molecule has 3 unspecified atom stereocenters. The van der Waals surface area contributed by atoms with Crippen LogP contribution in [0, 0.1) is 34.8 Å². The second-order valence-electron chi connectivity index (χ2n) is 9.62. The van der Waals surface area contributed by atoms with E-state index in [9.17, 15) is 18.4 Å². The first kappa shape index (κ1) is 17.9. The molecule has 4 bridgehead atoms. The molecule has 3 atom stereocenters. The van der Waals surface area contributed by atoms with Crippen molar-refractivity contribution in [3.8, 4) is 0 Å². The zero-order chi connectivity index (χ0) is 19.8. The van der Waals surface area contributed by atoms with E-state index in [1.54, 1.807) is 6.92 Å². The lowest BCUT2D eigenvalue weighted by atomic mass is 9.47. The van der Waals surface area contributed by atoms with Crippen molar-refractivity contribution in [2.24, 2.45) is 28.9 Å². The van der Waals surface area contributed by atoms with E-state index in [-0.39, 0.29) is 29.8 Å². The van der Waals surface area contributed by atoms with Gasteiger partial charge in [0.05, 0.1) is 5.54 Å². The van der Waals surface area contributed by atoms with Crippen molar-refractivity contribution in [3.05, 3.63) is 35.4 Å². The third kappa shape index (κ3) is 2.40. The monoisotopic (exact) mass is 389 g/mol. The van der Waals surface area contributed by atoms with Gasteiger partial charge >= 0.3 is 6.03 Å². The Morgan fingerprint density at radius 2 is 1.89 bits per heavy atom. The molecule has 0 radical (unpaired) electrons. The minimum atomic E-state index is -0.912. The van der Waals surface area contributed by atoms with Crippen LogP contribution in [-0.4, -0.2) is 29.4 Å². The number of carbonyl (C=O) groups is 2. The summed E-state index contributed by atoms with van der Waals surface area (Å²) >= 11 is 0. The Balaban J connectivity index is 1.44. The summed E-state index contributed by atoms with van der Waals surface area (Å²) in [5.41, 5.74) is 4.74. The quantitative estimate of drug-likeness (QED) is 0.834. The molecule has 5 nitrogen and oxygen atoms in total. The van der Waals surface area contributed by atoms with Crippen molar-refractivity contribution in [1.82, 2.24) is 10.2 Å². The summed E-state index contributed by atoms with van der Waals surface area (Å²) < 4.78 is 27.7. The van der Waals surface area contributed by atoms with Crippen molar-refractivity contribution in [2.45, 2.75) is 50.6 Å². The number of amides is 3. The maximum Gasteiger partial charge on any atom is 0.318 e. The van der Waals surface area contributed by atoms with Crippen molar-refractivity contribution in [3.63, 3.8) is 0 Å². The Bertz CT molecular complexity index is 859. The first-order valence-corrected chi connectivity index (χ1v) is 10.0. The fourth-order valence-corrected chi connectivity index (χ4v) is 6.90. The molecule has 1 aromatic carbocycles. The molecule has 1 saturated heterocycles. The van der Waals surface area contributed by atoms with Crippen molar-refractivity contribution in [1.29, 1.82) is 0 Å². The number of primary amides is 1. The van der Waals surface area contributed by atoms with E-state index in [1.165, 1.54) is 12.1 Å². The Kier molecular flexibility index (Phi) is 3.62. The number of nitrogens with one attached hydrogen (secondary N) is 1. The zero-order valence-corrected chi connectivity index (χ0v) is 15.9. The first-order valence-electron chi connectivity index (χ1n) is 10.0. The summed E-state index contributed by atoms with van der Waals surface area (Å²) in [5.74, 6) is -0.469. The van der Waals surface area contributed by atoms with E-state index in [0.29, 0.717) is 18.0 Å². The number of halogens is 2. The molecule has 4 saturated carbocycles. The van der Waals surface area contributed by atoms with Crippen LogP contribution in [0.5, 0.6) is 0 Å². The molecule has 3 N–H and O–H groups in total. The van der Waals surface area contributed by atoms with Crippen LogP contribution in [-0.2, 0) is 10.3 Å². The van der Waals surface area contributed by atoms with E-state index in [4.69, 9.17) is 5.73 Å². The number of rotatable bonds is 3. The number of hydrogen-bond acceptors (Lipinski definition) is 2. The van der Waals surface area contributed by atoms with Crippen LogP contribution in [0.1, 0.15) is 44.6 Å². The SMILES string of the molecule is CC1(c2ccc(F)cc2F)CN(C2C3CC4CC2CC(C(N)=O)(C4)C3)C(=O)N1. The number of hydrogen-bond donors (Lipinski definition) is 2. The maximum absolute atomic E-state index is 14.4. The van der Waals surface area contributed by atoms with Crippen LogP contribution in [0.25, 0.3) is 0 Å². The molecule has 150 valence electrons. The number of urea groups is 1. The minimum absolute atomic E-state index is 0.0503. The Morgan fingerprint density at radius 3 is 2.50 bits per heavy atom. The van der Waals surface area contributed by atoms with Crippen molar-refractivity contribution in [2.75, 3.05) is 6.54 Å². The van der Waals surface area contributed by atoms with E-state index >= 15 is 0 Å². The van der Waals surface area contributed by atoms with Gasteiger partial charge in [-0.05, 0) is 62.8 Å². The van der Waals surface area contributed by atoms with Crippen LogP contribution < -0.4 is 11.1 Å². The largest absolute Gasteiger partial charge is 0.369 e. The summed E-state index contributed by atoms with van der Waals surface area (Å²) in [6.45, 7) is 2.11. The molecular weight excluding hydrogens is 364 g/mol. The highest BCUT2D eigenvalue weighted by Gasteiger charge is 2.61. The molecule has 4 aliphatic carbocycles. The number of nitrogens with zero attached hydrogens (tertiary/aromatic N) is 1. The molecule has 5 fully saturated rings. The van der Waals surface area contributed by atoms with Gasteiger partial charge in [-0.1, -0.05) is 6.07 Å².